The minimum absolute atomic E-state index is 0.0947. The summed E-state index contributed by atoms with van der Waals surface area (Å²) in [5.41, 5.74) is 5.44. The fourth-order valence-corrected chi connectivity index (χ4v) is 1.41. The Kier molecular flexibility index (Phi) is 4.48. The van der Waals surface area contributed by atoms with Crippen LogP contribution in [0.2, 0.25) is 5.02 Å². The molecule has 3 nitrogen and oxygen atoms in total. The van der Waals surface area contributed by atoms with E-state index in [1.54, 1.807) is 0 Å². The maximum Gasteiger partial charge on any atom is 0.224 e. The summed E-state index contributed by atoms with van der Waals surface area (Å²) in [6, 6.07) is 4.02. The predicted molar refractivity (Wildman–Crippen MR) is 67.5 cm³/mol. The lowest BCUT2D eigenvalue weighted by Crippen LogP contribution is -2.33. The standard InChI is InChI=1S/C12H16ClFN2O/c1-12(2,15)6-5-11(17)16-10-7-8(13)3-4-9(10)14/h3-4,7H,5-6,15H2,1-2H3,(H,16,17). The molecule has 94 valence electrons. The molecule has 17 heavy (non-hydrogen) atoms. The number of hydrogen-bond donors (Lipinski definition) is 2. The quantitative estimate of drug-likeness (QED) is 0.872. The van der Waals surface area contributed by atoms with Crippen LogP contribution in [-0.2, 0) is 4.79 Å². The van der Waals surface area contributed by atoms with Crippen LogP contribution in [0.15, 0.2) is 18.2 Å². The molecule has 0 saturated heterocycles. The van der Waals surface area contributed by atoms with Crippen LogP contribution < -0.4 is 11.1 Å². The molecule has 5 heteroatoms. The molecule has 1 amide bonds. The lowest BCUT2D eigenvalue weighted by Gasteiger charge is -2.17. The lowest BCUT2D eigenvalue weighted by atomic mass is 10.00. The zero-order valence-corrected chi connectivity index (χ0v) is 10.6. The van der Waals surface area contributed by atoms with Crippen molar-refractivity contribution >= 4 is 23.2 Å². The summed E-state index contributed by atoms with van der Waals surface area (Å²) in [5, 5.41) is 2.85. The van der Waals surface area contributed by atoms with E-state index in [0.29, 0.717) is 11.4 Å². The molecular weight excluding hydrogens is 243 g/mol. The van der Waals surface area contributed by atoms with Gasteiger partial charge in [-0.3, -0.25) is 4.79 Å². The summed E-state index contributed by atoms with van der Waals surface area (Å²) in [7, 11) is 0. The molecule has 0 spiro atoms. The number of rotatable bonds is 4. The van der Waals surface area contributed by atoms with E-state index in [1.807, 2.05) is 13.8 Å². The minimum atomic E-state index is -0.505. The second-order valence-corrected chi connectivity index (χ2v) is 5.10. The maximum absolute atomic E-state index is 13.3. The zero-order chi connectivity index (χ0) is 13.1. The first kappa shape index (κ1) is 13.9. The fourth-order valence-electron chi connectivity index (χ4n) is 1.24. The molecule has 0 aliphatic heterocycles. The van der Waals surface area contributed by atoms with Crippen LogP contribution in [0.25, 0.3) is 0 Å². The molecule has 3 N–H and O–H groups in total. The summed E-state index contributed by atoms with van der Waals surface area (Å²) in [4.78, 5) is 11.5. The summed E-state index contributed by atoms with van der Waals surface area (Å²) in [6.07, 6.45) is 0.774. The van der Waals surface area contributed by atoms with Crippen molar-refractivity contribution in [2.75, 3.05) is 5.32 Å². The van der Waals surface area contributed by atoms with Crippen LogP contribution in [0.5, 0.6) is 0 Å². The summed E-state index contributed by atoms with van der Waals surface area (Å²) in [5.74, 6) is -0.778. The second-order valence-electron chi connectivity index (χ2n) is 4.66. The number of benzene rings is 1. The van der Waals surface area contributed by atoms with E-state index in [1.165, 1.54) is 18.2 Å². The van der Waals surface area contributed by atoms with Crippen LogP contribution in [0.1, 0.15) is 26.7 Å². The SMILES string of the molecule is CC(C)(N)CCC(=O)Nc1cc(Cl)ccc1F. The highest BCUT2D eigenvalue weighted by atomic mass is 35.5. The number of nitrogens with two attached hydrogens (primary N) is 1. The van der Waals surface area contributed by atoms with Gasteiger partial charge < -0.3 is 11.1 Å². The highest BCUT2D eigenvalue weighted by Crippen LogP contribution is 2.20. The molecule has 0 bridgehead atoms. The summed E-state index contributed by atoms with van der Waals surface area (Å²) >= 11 is 5.71. The van der Waals surface area contributed by atoms with Gasteiger partial charge in [0.1, 0.15) is 5.82 Å². The van der Waals surface area contributed by atoms with Gasteiger partial charge in [-0.2, -0.15) is 0 Å². The monoisotopic (exact) mass is 258 g/mol. The van der Waals surface area contributed by atoms with Crippen LogP contribution in [0.3, 0.4) is 0 Å². The van der Waals surface area contributed by atoms with Gasteiger partial charge in [0.2, 0.25) is 5.91 Å². The van der Waals surface area contributed by atoms with E-state index in [4.69, 9.17) is 17.3 Å². The van der Waals surface area contributed by atoms with Gasteiger partial charge in [0.15, 0.2) is 0 Å². The van der Waals surface area contributed by atoms with Gasteiger partial charge in [0.05, 0.1) is 5.69 Å². The zero-order valence-electron chi connectivity index (χ0n) is 9.89. The Morgan fingerprint density at radius 2 is 2.18 bits per heavy atom. The molecule has 0 aliphatic rings. The molecular formula is C12H16ClFN2O. The first-order valence-electron chi connectivity index (χ1n) is 5.32. The van der Waals surface area contributed by atoms with E-state index >= 15 is 0 Å². The van der Waals surface area contributed by atoms with Gasteiger partial charge in [-0.05, 0) is 38.5 Å². The Morgan fingerprint density at radius 3 is 2.76 bits per heavy atom. The van der Waals surface area contributed by atoms with Crippen molar-refractivity contribution in [3.8, 4) is 0 Å². The highest BCUT2D eigenvalue weighted by Gasteiger charge is 2.14. The van der Waals surface area contributed by atoms with E-state index in [-0.39, 0.29) is 18.0 Å². The third kappa shape index (κ3) is 5.15. The Hall–Kier alpha value is -1.13. The number of nitrogens with one attached hydrogen (secondary N) is 1. The van der Waals surface area contributed by atoms with Crippen LogP contribution in [0, 0.1) is 5.82 Å². The van der Waals surface area contributed by atoms with E-state index in [9.17, 15) is 9.18 Å². The molecule has 0 aliphatic carbocycles. The Morgan fingerprint density at radius 1 is 1.53 bits per heavy atom. The van der Waals surface area contributed by atoms with Crippen molar-refractivity contribution in [3.63, 3.8) is 0 Å². The van der Waals surface area contributed by atoms with Gasteiger partial charge >= 0.3 is 0 Å². The molecule has 1 aromatic carbocycles. The van der Waals surface area contributed by atoms with Gasteiger partial charge in [0, 0.05) is 17.0 Å². The second kappa shape index (κ2) is 5.47. The summed E-state index contributed by atoms with van der Waals surface area (Å²) in [6.45, 7) is 3.67. The molecule has 0 aromatic heterocycles. The molecule has 1 rings (SSSR count). The number of hydrogen-bond acceptors (Lipinski definition) is 2. The van der Waals surface area contributed by atoms with Crippen LogP contribution in [-0.4, -0.2) is 11.4 Å². The number of halogens is 2. The molecule has 0 heterocycles. The third-order valence-corrected chi connectivity index (χ3v) is 2.43. The van der Waals surface area contributed by atoms with Crippen molar-refractivity contribution in [3.05, 3.63) is 29.0 Å². The topological polar surface area (TPSA) is 55.1 Å². The lowest BCUT2D eigenvalue weighted by molar-refractivity contribution is -0.116. The van der Waals surface area contributed by atoms with Crippen molar-refractivity contribution < 1.29 is 9.18 Å². The number of carbonyl (C=O) groups is 1. The molecule has 0 unspecified atom stereocenters. The van der Waals surface area contributed by atoms with Crippen molar-refractivity contribution in [2.24, 2.45) is 5.73 Å². The molecule has 1 aromatic rings. The van der Waals surface area contributed by atoms with Crippen molar-refractivity contribution in [1.82, 2.24) is 0 Å². The van der Waals surface area contributed by atoms with E-state index in [2.05, 4.69) is 5.32 Å². The molecule has 0 saturated carbocycles. The van der Waals surface area contributed by atoms with Gasteiger partial charge in [0.25, 0.3) is 0 Å². The molecule has 0 fully saturated rings. The number of amides is 1. The van der Waals surface area contributed by atoms with Gasteiger partial charge in [-0.15, -0.1) is 0 Å². The first-order chi connectivity index (χ1) is 7.78. The normalized spacial score (nSPS) is 11.4. The summed E-state index contributed by atoms with van der Waals surface area (Å²) < 4.78 is 13.3. The fraction of sp³-hybridized carbons (Fsp3) is 0.417. The van der Waals surface area contributed by atoms with Gasteiger partial charge in [-0.25, -0.2) is 4.39 Å². The Balaban J connectivity index is 2.59. The molecule has 0 atom stereocenters. The minimum Gasteiger partial charge on any atom is -0.326 e. The maximum atomic E-state index is 13.3. The number of carbonyl (C=O) groups excluding carboxylic acids is 1. The first-order valence-corrected chi connectivity index (χ1v) is 5.69. The Bertz CT molecular complexity index is 415. The van der Waals surface area contributed by atoms with Crippen molar-refractivity contribution in [1.29, 1.82) is 0 Å². The molecule has 0 radical (unpaired) electrons. The number of anilines is 1. The van der Waals surface area contributed by atoms with Crippen LogP contribution in [0.4, 0.5) is 10.1 Å². The Labute approximate surface area is 105 Å². The van der Waals surface area contributed by atoms with E-state index in [0.717, 1.165) is 0 Å². The third-order valence-electron chi connectivity index (χ3n) is 2.20. The van der Waals surface area contributed by atoms with Gasteiger partial charge in [-0.1, -0.05) is 11.6 Å². The predicted octanol–water partition coefficient (Wildman–Crippen LogP) is 2.94. The average Bonchev–Trinajstić information content (AvgIpc) is 2.20. The highest BCUT2D eigenvalue weighted by molar-refractivity contribution is 6.30. The van der Waals surface area contributed by atoms with Crippen LogP contribution >= 0.6 is 11.6 Å². The van der Waals surface area contributed by atoms with E-state index < -0.39 is 11.4 Å². The largest absolute Gasteiger partial charge is 0.326 e. The van der Waals surface area contributed by atoms with Crippen molar-refractivity contribution in [2.45, 2.75) is 32.2 Å². The average molecular weight is 259 g/mol. The smallest absolute Gasteiger partial charge is 0.224 e.